The van der Waals surface area contributed by atoms with Gasteiger partial charge in [-0.2, -0.15) is 0 Å². The summed E-state index contributed by atoms with van der Waals surface area (Å²) in [6, 6.07) is 5.10. The summed E-state index contributed by atoms with van der Waals surface area (Å²) >= 11 is 5.86. The monoisotopic (exact) mass is 241 g/mol. The average molecular weight is 242 g/mol. The second-order valence-corrected chi connectivity index (χ2v) is 4.14. The minimum atomic E-state index is -0.489. The van der Waals surface area contributed by atoms with Gasteiger partial charge in [0.1, 0.15) is 0 Å². The van der Waals surface area contributed by atoms with E-state index in [-0.39, 0.29) is 12.5 Å². The van der Waals surface area contributed by atoms with Crippen molar-refractivity contribution in [2.45, 2.75) is 26.4 Å². The Bertz CT molecular complexity index is 379. The Kier molecular flexibility index (Phi) is 4.77. The van der Waals surface area contributed by atoms with Gasteiger partial charge in [-0.25, -0.2) is 0 Å². The van der Waals surface area contributed by atoms with E-state index in [2.05, 4.69) is 5.32 Å². The molecule has 2 N–H and O–H groups in total. The Hall–Kier alpha value is -1.06. The number of carbonyl (C=O) groups is 1. The van der Waals surface area contributed by atoms with Crippen LogP contribution in [0, 0.1) is 6.92 Å². The molecule has 0 fully saturated rings. The molecule has 1 amide bonds. The van der Waals surface area contributed by atoms with Crippen LogP contribution in [0.1, 0.15) is 29.3 Å². The first-order chi connectivity index (χ1) is 7.54. The molecule has 0 aromatic heterocycles. The molecule has 88 valence electrons. The lowest BCUT2D eigenvalue weighted by Crippen LogP contribution is -2.31. The molecule has 0 spiro atoms. The number of hydrogen-bond donors (Lipinski definition) is 2. The number of aliphatic hydroxyl groups excluding tert-OH is 1. The van der Waals surface area contributed by atoms with Crippen LogP contribution in [0.2, 0.25) is 5.02 Å². The molecule has 1 rings (SSSR count). The molecule has 0 bridgehead atoms. The van der Waals surface area contributed by atoms with E-state index in [4.69, 9.17) is 11.6 Å². The molecular weight excluding hydrogens is 226 g/mol. The molecule has 0 aliphatic heterocycles. The highest BCUT2D eigenvalue weighted by Crippen LogP contribution is 2.16. The van der Waals surface area contributed by atoms with Crippen molar-refractivity contribution >= 4 is 17.5 Å². The van der Waals surface area contributed by atoms with Gasteiger partial charge in [0.05, 0.1) is 6.10 Å². The van der Waals surface area contributed by atoms with Crippen LogP contribution >= 0.6 is 11.6 Å². The van der Waals surface area contributed by atoms with Crippen LogP contribution in [0.4, 0.5) is 0 Å². The van der Waals surface area contributed by atoms with Crippen LogP contribution in [0.25, 0.3) is 0 Å². The van der Waals surface area contributed by atoms with E-state index in [1.165, 1.54) is 0 Å². The number of rotatable bonds is 4. The Morgan fingerprint density at radius 3 is 2.81 bits per heavy atom. The Morgan fingerprint density at radius 1 is 1.56 bits per heavy atom. The van der Waals surface area contributed by atoms with Crippen LogP contribution in [0.15, 0.2) is 18.2 Å². The number of halogens is 1. The third kappa shape index (κ3) is 3.51. The van der Waals surface area contributed by atoms with Crippen molar-refractivity contribution in [1.29, 1.82) is 0 Å². The maximum absolute atomic E-state index is 11.7. The van der Waals surface area contributed by atoms with E-state index in [1.54, 1.807) is 18.2 Å². The molecule has 4 heteroatoms. The minimum absolute atomic E-state index is 0.188. The van der Waals surface area contributed by atoms with Crippen LogP contribution < -0.4 is 5.32 Å². The van der Waals surface area contributed by atoms with E-state index in [1.807, 2.05) is 13.8 Å². The van der Waals surface area contributed by atoms with E-state index < -0.39 is 6.10 Å². The zero-order chi connectivity index (χ0) is 12.1. The predicted octanol–water partition coefficient (Wildman–Crippen LogP) is 2.15. The van der Waals surface area contributed by atoms with Crippen molar-refractivity contribution in [2.24, 2.45) is 0 Å². The highest BCUT2D eigenvalue weighted by molar-refractivity contribution is 6.31. The molecule has 3 nitrogen and oxygen atoms in total. The first kappa shape index (κ1) is 13.0. The van der Waals surface area contributed by atoms with Gasteiger partial charge in [-0.1, -0.05) is 18.5 Å². The largest absolute Gasteiger partial charge is 0.391 e. The number of aliphatic hydroxyl groups is 1. The van der Waals surface area contributed by atoms with E-state index in [0.29, 0.717) is 17.0 Å². The lowest BCUT2D eigenvalue weighted by Gasteiger charge is -2.10. The summed E-state index contributed by atoms with van der Waals surface area (Å²) in [5, 5.41) is 12.6. The van der Waals surface area contributed by atoms with E-state index >= 15 is 0 Å². The van der Waals surface area contributed by atoms with Crippen LogP contribution in [0.5, 0.6) is 0 Å². The minimum Gasteiger partial charge on any atom is -0.391 e. The van der Waals surface area contributed by atoms with Crippen molar-refractivity contribution < 1.29 is 9.90 Å². The number of amides is 1. The third-order valence-electron chi connectivity index (χ3n) is 2.39. The van der Waals surface area contributed by atoms with Gasteiger partial charge in [0.15, 0.2) is 0 Å². The van der Waals surface area contributed by atoms with Crippen molar-refractivity contribution in [3.8, 4) is 0 Å². The van der Waals surface area contributed by atoms with E-state index in [0.717, 1.165) is 5.56 Å². The lowest BCUT2D eigenvalue weighted by atomic mass is 10.1. The number of benzene rings is 1. The van der Waals surface area contributed by atoms with Gasteiger partial charge in [-0.15, -0.1) is 0 Å². The summed E-state index contributed by atoms with van der Waals surface area (Å²) in [5.74, 6) is -0.188. The molecule has 1 aromatic carbocycles. The predicted molar refractivity (Wildman–Crippen MR) is 64.8 cm³/mol. The first-order valence-corrected chi connectivity index (χ1v) is 5.64. The van der Waals surface area contributed by atoms with Gasteiger partial charge in [-0.3, -0.25) is 4.79 Å². The zero-order valence-corrected chi connectivity index (χ0v) is 10.2. The molecule has 1 aromatic rings. The fourth-order valence-corrected chi connectivity index (χ4v) is 1.36. The van der Waals surface area contributed by atoms with Gasteiger partial charge >= 0.3 is 0 Å². The molecule has 16 heavy (non-hydrogen) atoms. The zero-order valence-electron chi connectivity index (χ0n) is 9.46. The van der Waals surface area contributed by atoms with Gasteiger partial charge in [-0.05, 0) is 37.1 Å². The molecule has 0 heterocycles. The maximum atomic E-state index is 11.7. The summed E-state index contributed by atoms with van der Waals surface area (Å²) in [6.07, 6.45) is 0.136. The van der Waals surface area contributed by atoms with Crippen molar-refractivity contribution in [1.82, 2.24) is 5.32 Å². The van der Waals surface area contributed by atoms with Crippen molar-refractivity contribution in [3.05, 3.63) is 34.3 Å². The second kappa shape index (κ2) is 5.87. The molecule has 0 saturated carbocycles. The second-order valence-electron chi connectivity index (χ2n) is 3.74. The highest BCUT2D eigenvalue weighted by Gasteiger charge is 2.08. The van der Waals surface area contributed by atoms with Crippen molar-refractivity contribution in [2.75, 3.05) is 6.54 Å². The van der Waals surface area contributed by atoms with Crippen LogP contribution in [-0.2, 0) is 0 Å². The summed E-state index contributed by atoms with van der Waals surface area (Å²) in [6.45, 7) is 3.99. The Labute approximate surface area is 100 Å². The number of nitrogens with one attached hydrogen (secondary N) is 1. The summed E-state index contributed by atoms with van der Waals surface area (Å²) in [4.78, 5) is 11.7. The number of carbonyl (C=O) groups excluding carboxylic acids is 1. The van der Waals surface area contributed by atoms with Crippen LogP contribution in [-0.4, -0.2) is 23.7 Å². The first-order valence-electron chi connectivity index (χ1n) is 5.27. The fourth-order valence-electron chi connectivity index (χ4n) is 1.24. The molecule has 1 unspecified atom stereocenters. The quantitative estimate of drug-likeness (QED) is 0.849. The molecule has 1 atom stereocenters. The van der Waals surface area contributed by atoms with Gasteiger partial charge in [0, 0.05) is 17.1 Å². The van der Waals surface area contributed by atoms with Gasteiger partial charge in [0.25, 0.3) is 5.91 Å². The van der Waals surface area contributed by atoms with Crippen LogP contribution in [0.3, 0.4) is 0 Å². The molecule has 0 aliphatic rings. The summed E-state index contributed by atoms with van der Waals surface area (Å²) < 4.78 is 0. The topological polar surface area (TPSA) is 49.3 Å². The molecular formula is C12H16ClNO2. The van der Waals surface area contributed by atoms with Crippen molar-refractivity contribution in [3.63, 3.8) is 0 Å². The normalized spacial score (nSPS) is 12.2. The molecule has 0 radical (unpaired) electrons. The standard InChI is InChI=1S/C12H16ClNO2/c1-3-10(15)7-14-12(16)9-4-5-11(13)8(2)6-9/h4-6,10,15H,3,7H2,1-2H3,(H,14,16). The van der Waals surface area contributed by atoms with Gasteiger partial charge < -0.3 is 10.4 Å². The summed E-state index contributed by atoms with van der Waals surface area (Å²) in [7, 11) is 0. The fraction of sp³-hybridized carbons (Fsp3) is 0.417. The molecule has 0 saturated heterocycles. The number of aryl methyl sites for hydroxylation is 1. The summed E-state index contributed by atoms with van der Waals surface area (Å²) in [5.41, 5.74) is 1.43. The van der Waals surface area contributed by atoms with Gasteiger partial charge in [0.2, 0.25) is 0 Å². The Balaban J connectivity index is 2.63. The molecule has 0 aliphatic carbocycles. The Morgan fingerprint density at radius 2 is 2.25 bits per heavy atom. The smallest absolute Gasteiger partial charge is 0.251 e. The number of hydrogen-bond acceptors (Lipinski definition) is 2. The lowest BCUT2D eigenvalue weighted by molar-refractivity contribution is 0.0914. The SMILES string of the molecule is CCC(O)CNC(=O)c1ccc(Cl)c(C)c1. The highest BCUT2D eigenvalue weighted by atomic mass is 35.5. The maximum Gasteiger partial charge on any atom is 0.251 e. The van der Waals surface area contributed by atoms with E-state index in [9.17, 15) is 9.90 Å². The third-order valence-corrected chi connectivity index (χ3v) is 2.81. The average Bonchev–Trinajstić information content (AvgIpc) is 2.29.